The minimum absolute atomic E-state index is 1.00. The molecule has 0 fully saturated rings. The average Bonchev–Trinajstić information content (AvgIpc) is 2.79. The van der Waals surface area contributed by atoms with Crippen molar-refractivity contribution >= 4 is 0 Å². The fourth-order valence-corrected chi connectivity index (χ4v) is 2.08. The first kappa shape index (κ1) is 14.3. The zero-order valence-corrected chi connectivity index (χ0v) is 11.5. The van der Waals surface area contributed by atoms with E-state index in [2.05, 4.69) is 42.2 Å². The summed E-state index contributed by atoms with van der Waals surface area (Å²) in [5, 5.41) is 3.35. The summed E-state index contributed by atoms with van der Waals surface area (Å²) in [5.74, 6) is 0. The van der Waals surface area contributed by atoms with E-state index in [4.69, 9.17) is 0 Å². The van der Waals surface area contributed by atoms with E-state index in [1.54, 1.807) is 0 Å². The van der Waals surface area contributed by atoms with Gasteiger partial charge in [-0.2, -0.15) is 0 Å². The molecule has 0 atom stereocenters. The van der Waals surface area contributed by atoms with Gasteiger partial charge in [-0.1, -0.05) is 46.0 Å². The van der Waals surface area contributed by atoms with Gasteiger partial charge in [0.1, 0.15) is 0 Å². The second-order valence-electron chi connectivity index (χ2n) is 4.81. The fourth-order valence-electron chi connectivity index (χ4n) is 2.08. The number of hydrogen-bond acceptors (Lipinski definition) is 1. The Balaban J connectivity index is 2.08. The van der Waals surface area contributed by atoms with Crippen molar-refractivity contribution in [2.24, 2.45) is 0 Å². The quantitative estimate of drug-likeness (QED) is 0.608. The molecule has 1 aromatic heterocycles. The van der Waals surface area contributed by atoms with Crippen LogP contribution in [-0.2, 0) is 13.1 Å². The Morgan fingerprint density at radius 2 is 1.82 bits per heavy atom. The molecular weight excluding hydrogens is 208 g/mol. The smallest absolute Gasteiger partial charge is 0.0220 e. The van der Waals surface area contributed by atoms with Crippen molar-refractivity contribution in [2.45, 2.75) is 65.5 Å². The first-order valence-corrected chi connectivity index (χ1v) is 7.22. The van der Waals surface area contributed by atoms with Crippen molar-refractivity contribution in [3.05, 3.63) is 24.0 Å². The van der Waals surface area contributed by atoms with Crippen LogP contribution < -0.4 is 5.32 Å². The number of nitrogens with one attached hydrogen (secondary N) is 1. The highest BCUT2D eigenvalue weighted by Gasteiger charge is 1.96. The van der Waals surface area contributed by atoms with Crippen LogP contribution in [0.5, 0.6) is 0 Å². The number of aromatic nitrogens is 1. The van der Waals surface area contributed by atoms with Gasteiger partial charge in [-0.15, -0.1) is 0 Å². The zero-order chi connectivity index (χ0) is 12.3. The van der Waals surface area contributed by atoms with Crippen molar-refractivity contribution in [3.8, 4) is 0 Å². The molecule has 17 heavy (non-hydrogen) atoms. The molecule has 0 aliphatic heterocycles. The summed E-state index contributed by atoms with van der Waals surface area (Å²) in [4.78, 5) is 0. The molecular formula is C15H28N2. The van der Waals surface area contributed by atoms with E-state index >= 15 is 0 Å². The van der Waals surface area contributed by atoms with Crippen molar-refractivity contribution in [3.63, 3.8) is 0 Å². The summed E-state index contributed by atoms with van der Waals surface area (Å²) in [6.45, 7) is 7.64. The first-order valence-electron chi connectivity index (χ1n) is 7.22. The number of hydrogen-bond donors (Lipinski definition) is 1. The summed E-state index contributed by atoms with van der Waals surface area (Å²) < 4.78 is 2.33. The maximum atomic E-state index is 3.35. The summed E-state index contributed by atoms with van der Waals surface area (Å²) in [6.07, 6.45) is 12.7. The minimum atomic E-state index is 1.00. The lowest BCUT2D eigenvalue weighted by Gasteiger charge is -2.03. The Morgan fingerprint density at radius 1 is 1.06 bits per heavy atom. The van der Waals surface area contributed by atoms with Gasteiger partial charge in [0.2, 0.25) is 0 Å². The number of nitrogens with zero attached hydrogens (tertiary/aromatic N) is 1. The van der Waals surface area contributed by atoms with Gasteiger partial charge in [-0.05, 0) is 24.6 Å². The Hall–Kier alpha value is -0.760. The Morgan fingerprint density at radius 3 is 2.59 bits per heavy atom. The molecule has 0 saturated heterocycles. The van der Waals surface area contributed by atoms with Gasteiger partial charge in [0.05, 0.1) is 0 Å². The number of rotatable bonds is 10. The van der Waals surface area contributed by atoms with E-state index in [1.165, 1.54) is 50.6 Å². The lowest BCUT2D eigenvalue weighted by atomic mass is 10.1. The molecule has 2 nitrogen and oxygen atoms in total. The molecule has 0 unspecified atom stereocenters. The molecule has 0 aromatic carbocycles. The largest absolute Gasteiger partial charge is 0.354 e. The molecule has 0 bridgehead atoms. The maximum absolute atomic E-state index is 3.35. The predicted octanol–water partition coefficient (Wildman–Crippen LogP) is 3.96. The summed E-state index contributed by atoms with van der Waals surface area (Å²) >= 11 is 0. The van der Waals surface area contributed by atoms with Crippen LogP contribution >= 0.6 is 0 Å². The van der Waals surface area contributed by atoms with Crippen LogP contribution in [0, 0.1) is 0 Å². The van der Waals surface area contributed by atoms with Crippen LogP contribution in [0.15, 0.2) is 18.5 Å². The second kappa shape index (κ2) is 9.29. The van der Waals surface area contributed by atoms with Crippen LogP contribution in [0.3, 0.4) is 0 Å². The Bertz CT molecular complexity index is 278. The Kier molecular flexibility index (Phi) is 7.81. The van der Waals surface area contributed by atoms with Crippen LogP contribution in [-0.4, -0.2) is 11.1 Å². The van der Waals surface area contributed by atoms with Gasteiger partial charge < -0.3 is 9.88 Å². The highest BCUT2D eigenvalue weighted by atomic mass is 14.9. The van der Waals surface area contributed by atoms with Gasteiger partial charge >= 0.3 is 0 Å². The molecule has 0 aliphatic carbocycles. The van der Waals surface area contributed by atoms with Crippen molar-refractivity contribution in [1.82, 2.24) is 9.88 Å². The van der Waals surface area contributed by atoms with E-state index in [-0.39, 0.29) is 0 Å². The minimum Gasteiger partial charge on any atom is -0.354 e. The van der Waals surface area contributed by atoms with Crippen molar-refractivity contribution in [1.29, 1.82) is 0 Å². The van der Waals surface area contributed by atoms with Crippen molar-refractivity contribution in [2.75, 3.05) is 6.54 Å². The van der Waals surface area contributed by atoms with E-state index in [0.29, 0.717) is 0 Å². The molecule has 98 valence electrons. The van der Waals surface area contributed by atoms with Crippen LogP contribution in [0.1, 0.15) is 57.9 Å². The predicted molar refractivity (Wildman–Crippen MR) is 75.2 cm³/mol. The first-order chi connectivity index (χ1) is 8.36. The molecule has 1 N–H and O–H groups in total. The second-order valence-corrected chi connectivity index (χ2v) is 4.81. The van der Waals surface area contributed by atoms with Gasteiger partial charge in [0.25, 0.3) is 0 Å². The third-order valence-corrected chi connectivity index (χ3v) is 3.16. The van der Waals surface area contributed by atoms with Crippen molar-refractivity contribution < 1.29 is 0 Å². The zero-order valence-electron chi connectivity index (χ0n) is 11.5. The summed E-state index contributed by atoms with van der Waals surface area (Å²) in [6, 6.07) is 2.22. The third-order valence-electron chi connectivity index (χ3n) is 3.16. The van der Waals surface area contributed by atoms with Gasteiger partial charge in [-0.25, -0.2) is 0 Å². The highest BCUT2D eigenvalue weighted by Crippen LogP contribution is 2.07. The van der Waals surface area contributed by atoms with Crippen LogP contribution in [0.2, 0.25) is 0 Å². The lowest BCUT2D eigenvalue weighted by Crippen LogP contribution is -2.11. The lowest BCUT2D eigenvalue weighted by molar-refractivity contribution is 0.558. The molecule has 0 aliphatic rings. The molecule has 2 heteroatoms. The number of aryl methyl sites for hydroxylation is 1. The number of unbranched alkanes of at least 4 members (excludes halogenated alkanes) is 5. The standard InChI is InChI=1S/C15H28N2/c1-3-5-6-7-8-9-11-17-12-10-15(14-17)13-16-4-2/h10,12,14,16H,3-9,11,13H2,1-2H3. The molecule has 1 aromatic rings. The monoisotopic (exact) mass is 236 g/mol. The van der Waals surface area contributed by atoms with Crippen LogP contribution in [0.25, 0.3) is 0 Å². The Labute approximate surface area is 106 Å². The average molecular weight is 236 g/mol. The third kappa shape index (κ3) is 6.52. The van der Waals surface area contributed by atoms with Gasteiger partial charge in [0.15, 0.2) is 0 Å². The SMILES string of the molecule is CCCCCCCCn1ccc(CNCC)c1. The highest BCUT2D eigenvalue weighted by molar-refractivity contribution is 5.09. The van der Waals surface area contributed by atoms with E-state index in [0.717, 1.165) is 13.1 Å². The fraction of sp³-hybridized carbons (Fsp3) is 0.733. The van der Waals surface area contributed by atoms with Crippen LogP contribution in [0.4, 0.5) is 0 Å². The van der Waals surface area contributed by atoms with Gasteiger partial charge in [-0.3, -0.25) is 0 Å². The van der Waals surface area contributed by atoms with E-state index in [1.807, 2.05) is 0 Å². The van der Waals surface area contributed by atoms with E-state index in [9.17, 15) is 0 Å². The molecule has 0 radical (unpaired) electrons. The molecule has 0 spiro atoms. The topological polar surface area (TPSA) is 17.0 Å². The molecule has 0 saturated carbocycles. The van der Waals surface area contributed by atoms with E-state index < -0.39 is 0 Å². The maximum Gasteiger partial charge on any atom is 0.0220 e. The summed E-state index contributed by atoms with van der Waals surface area (Å²) in [7, 11) is 0. The molecule has 1 heterocycles. The normalized spacial score (nSPS) is 10.9. The molecule has 1 rings (SSSR count). The van der Waals surface area contributed by atoms with Gasteiger partial charge in [0, 0.05) is 25.5 Å². The summed E-state index contributed by atoms with van der Waals surface area (Å²) in [5.41, 5.74) is 1.40. The molecule has 0 amide bonds.